The third-order valence-electron chi connectivity index (χ3n) is 1.36. The number of halogens is 1. The maximum Gasteiger partial charge on any atom is 0.223 e. The van der Waals surface area contributed by atoms with E-state index in [1.54, 1.807) is 6.07 Å². The molecular formula is C9H10ClN2O. The highest BCUT2D eigenvalue weighted by atomic mass is 35.5. The maximum atomic E-state index is 5.64. The van der Waals surface area contributed by atoms with Crippen LogP contribution in [-0.2, 0) is 4.74 Å². The molecule has 1 rings (SSSR count). The van der Waals surface area contributed by atoms with E-state index in [0.29, 0.717) is 23.8 Å². The molecule has 1 aromatic heterocycles. The quantitative estimate of drug-likeness (QED) is 0.551. The summed E-state index contributed by atoms with van der Waals surface area (Å²) in [4.78, 5) is 7.77. The van der Waals surface area contributed by atoms with Crippen LogP contribution in [-0.4, -0.2) is 16.6 Å². The first-order chi connectivity index (χ1) is 6.13. The Morgan fingerprint density at radius 3 is 2.85 bits per heavy atom. The van der Waals surface area contributed by atoms with E-state index in [4.69, 9.17) is 16.3 Å². The highest BCUT2D eigenvalue weighted by Crippen LogP contribution is 2.13. The van der Waals surface area contributed by atoms with Gasteiger partial charge in [-0.2, -0.15) is 0 Å². The van der Waals surface area contributed by atoms with Gasteiger partial charge >= 0.3 is 0 Å². The topological polar surface area (TPSA) is 35.0 Å². The molecule has 0 spiro atoms. The lowest BCUT2D eigenvalue weighted by atomic mass is 10.3. The summed E-state index contributed by atoms with van der Waals surface area (Å²) in [7, 11) is 0. The minimum atomic E-state index is 0.156. The second-order valence-corrected chi connectivity index (χ2v) is 2.71. The van der Waals surface area contributed by atoms with Crippen LogP contribution in [0, 0.1) is 6.92 Å². The Hall–Kier alpha value is -1.09. The van der Waals surface area contributed by atoms with E-state index < -0.39 is 0 Å². The molecule has 0 bridgehead atoms. The smallest absolute Gasteiger partial charge is 0.223 e. The van der Waals surface area contributed by atoms with Crippen LogP contribution in [0.1, 0.15) is 18.3 Å². The maximum absolute atomic E-state index is 5.64. The van der Waals surface area contributed by atoms with E-state index >= 15 is 0 Å². The third kappa shape index (κ3) is 2.70. The summed E-state index contributed by atoms with van der Waals surface area (Å²) < 4.78 is 5.17. The lowest BCUT2D eigenvalue weighted by Crippen LogP contribution is -1.96. The van der Waals surface area contributed by atoms with Crippen molar-refractivity contribution in [2.75, 3.05) is 6.61 Å². The van der Waals surface area contributed by atoms with E-state index in [-0.39, 0.29) is 5.28 Å². The molecule has 0 saturated carbocycles. The number of nitrogens with zero attached hydrogens (tertiary/aromatic N) is 2. The van der Waals surface area contributed by atoms with E-state index in [9.17, 15) is 0 Å². The molecule has 0 aromatic carbocycles. The van der Waals surface area contributed by atoms with Gasteiger partial charge in [-0.3, -0.25) is 0 Å². The van der Waals surface area contributed by atoms with Crippen molar-refractivity contribution < 1.29 is 4.74 Å². The first-order valence-electron chi connectivity index (χ1n) is 3.82. The Bertz CT molecular complexity index is 305. The van der Waals surface area contributed by atoms with Gasteiger partial charge in [0.25, 0.3) is 0 Å². The largest absolute Gasteiger partial charge is 0.492 e. The highest BCUT2D eigenvalue weighted by Gasteiger charge is 2.04. The molecule has 0 unspecified atom stereocenters. The Kier molecular flexibility index (Phi) is 3.25. The van der Waals surface area contributed by atoms with Crippen molar-refractivity contribution in [1.82, 2.24) is 9.97 Å². The second-order valence-electron chi connectivity index (χ2n) is 2.37. The van der Waals surface area contributed by atoms with Gasteiger partial charge in [0.2, 0.25) is 5.28 Å². The van der Waals surface area contributed by atoms with Crippen LogP contribution in [0.2, 0.25) is 5.28 Å². The Morgan fingerprint density at radius 2 is 2.31 bits per heavy atom. The van der Waals surface area contributed by atoms with Gasteiger partial charge in [-0.25, -0.2) is 9.97 Å². The van der Waals surface area contributed by atoms with Crippen LogP contribution in [0.25, 0.3) is 5.76 Å². The zero-order valence-electron chi connectivity index (χ0n) is 7.38. The molecule has 4 heteroatoms. The summed E-state index contributed by atoms with van der Waals surface area (Å²) in [5.74, 6) is 0.483. The predicted molar refractivity (Wildman–Crippen MR) is 52.2 cm³/mol. The number of aromatic nitrogens is 2. The molecule has 0 aliphatic carbocycles. The summed E-state index contributed by atoms with van der Waals surface area (Å²) >= 11 is 5.64. The first kappa shape index (κ1) is 9.99. The van der Waals surface area contributed by atoms with Crippen molar-refractivity contribution in [3.63, 3.8) is 0 Å². The number of ether oxygens (including phenoxy) is 1. The van der Waals surface area contributed by atoms with Crippen molar-refractivity contribution in [2.45, 2.75) is 6.92 Å². The predicted octanol–water partition coefficient (Wildman–Crippen LogP) is 2.32. The van der Waals surface area contributed by atoms with Gasteiger partial charge < -0.3 is 4.74 Å². The summed E-state index contributed by atoms with van der Waals surface area (Å²) in [5, 5.41) is 0.156. The highest BCUT2D eigenvalue weighted by molar-refractivity contribution is 6.28. The van der Waals surface area contributed by atoms with E-state index in [1.807, 2.05) is 6.92 Å². The van der Waals surface area contributed by atoms with Crippen molar-refractivity contribution in [3.05, 3.63) is 36.2 Å². The normalized spacial score (nSPS) is 9.77. The number of hydrogen-bond donors (Lipinski definition) is 0. The third-order valence-corrected chi connectivity index (χ3v) is 1.53. The van der Waals surface area contributed by atoms with Crippen LogP contribution in [0.4, 0.5) is 0 Å². The lowest BCUT2D eigenvalue weighted by molar-refractivity contribution is 0.297. The van der Waals surface area contributed by atoms with Crippen LogP contribution in [0.3, 0.4) is 0 Å². The van der Waals surface area contributed by atoms with Gasteiger partial charge in [-0.1, -0.05) is 6.58 Å². The molecular weight excluding hydrogens is 188 g/mol. The molecule has 1 radical (unpaired) electrons. The molecule has 0 fully saturated rings. The number of rotatable bonds is 3. The fourth-order valence-electron chi connectivity index (χ4n) is 0.856. The minimum Gasteiger partial charge on any atom is -0.492 e. The average molecular weight is 198 g/mol. The minimum absolute atomic E-state index is 0.156. The summed E-state index contributed by atoms with van der Waals surface area (Å²) in [6, 6.07) is 1.67. The van der Waals surface area contributed by atoms with Gasteiger partial charge in [-0.15, -0.1) is 0 Å². The Balaban J connectivity index is 2.94. The molecule has 3 nitrogen and oxygen atoms in total. The summed E-state index contributed by atoms with van der Waals surface area (Å²) in [6.45, 7) is 9.77. The SMILES string of the molecule is [CH2]c1cc(C(=C)OCC)nc(Cl)n1. The van der Waals surface area contributed by atoms with Crippen molar-refractivity contribution in [1.29, 1.82) is 0 Å². The molecule has 0 aliphatic rings. The van der Waals surface area contributed by atoms with Gasteiger partial charge in [-0.05, 0) is 31.5 Å². The summed E-state index contributed by atoms with van der Waals surface area (Å²) in [5.41, 5.74) is 1.13. The van der Waals surface area contributed by atoms with Gasteiger partial charge in [0.1, 0.15) is 11.5 Å². The van der Waals surface area contributed by atoms with Crippen LogP contribution < -0.4 is 0 Å². The molecule has 0 aliphatic heterocycles. The van der Waals surface area contributed by atoms with E-state index in [1.165, 1.54) is 0 Å². The van der Waals surface area contributed by atoms with Crippen LogP contribution in [0.15, 0.2) is 12.6 Å². The van der Waals surface area contributed by atoms with Gasteiger partial charge in [0.05, 0.1) is 6.61 Å². The molecule has 0 amide bonds. The van der Waals surface area contributed by atoms with E-state index in [2.05, 4.69) is 23.5 Å². The lowest BCUT2D eigenvalue weighted by Gasteiger charge is -2.06. The second kappa shape index (κ2) is 4.23. The monoisotopic (exact) mass is 197 g/mol. The summed E-state index contributed by atoms with van der Waals surface area (Å²) in [6.07, 6.45) is 0. The molecule has 1 aromatic rings. The van der Waals surface area contributed by atoms with E-state index in [0.717, 1.165) is 0 Å². The van der Waals surface area contributed by atoms with Gasteiger partial charge in [0, 0.05) is 5.69 Å². The molecule has 0 atom stereocenters. The average Bonchev–Trinajstić information content (AvgIpc) is 2.03. The van der Waals surface area contributed by atoms with Gasteiger partial charge in [0.15, 0.2) is 0 Å². The van der Waals surface area contributed by atoms with Crippen LogP contribution in [0.5, 0.6) is 0 Å². The molecule has 13 heavy (non-hydrogen) atoms. The standard InChI is InChI=1S/C9H10ClN2O/c1-4-13-7(3)8-5-6(2)11-9(10)12-8/h5H,2-4H2,1H3. The van der Waals surface area contributed by atoms with Crippen molar-refractivity contribution in [3.8, 4) is 0 Å². The first-order valence-corrected chi connectivity index (χ1v) is 4.20. The molecule has 0 saturated heterocycles. The molecule has 1 heterocycles. The zero-order valence-corrected chi connectivity index (χ0v) is 8.14. The molecule has 0 N–H and O–H groups in total. The number of hydrogen-bond acceptors (Lipinski definition) is 3. The molecule has 69 valence electrons. The fraction of sp³-hybridized carbons (Fsp3) is 0.222. The Morgan fingerprint density at radius 1 is 1.62 bits per heavy atom. The fourth-order valence-corrected chi connectivity index (χ4v) is 1.06. The van der Waals surface area contributed by atoms with Crippen molar-refractivity contribution in [2.24, 2.45) is 0 Å². The van der Waals surface area contributed by atoms with Crippen molar-refractivity contribution >= 4 is 17.4 Å². The van der Waals surface area contributed by atoms with Crippen LogP contribution >= 0.6 is 11.6 Å². The Labute approximate surface area is 82.4 Å². The zero-order chi connectivity index (χ0) is 9.84.